The molecule has 8 atom stereocenters. The largest absolute Gasteiger partial charge is 0.393 e. The SMILES string of the molecule is Cn1c(SCC(=O)[C@@]2(O)[C@H](O)CC3C4CCC5=CC(=O)C=CC5(C)C4C(O)CC32C)nc2ccccc21. The quantitative estimate of drug-likeness (QED) is 0.529. The Bertz CT molecular complexity index is 1370. The number of aliphatic hydroxyl groups excluding tert-OH is 2. The maximum absolute atomic E-state index is 13.7. The van der Waals surface area contributed by atoms with E-state index in [-0.39, 0.29) is 35.7 Å². The van der Waals surface area contributed by atoms with Gasteiger partial charge in [-0.15, -0.1) is 0 Å². The van der Waals surface area contributed by atoms with Crippen molar-refractivity contribution in [3.8, 4) is 0 Å². The zero-order chi connectivity index (χ0) is 26.3. The highest BCUT2D eigenvalue weighted by atomic mass is 32.2. The molecule has 37 heavy (non-hydrogen) atoms. The van der Waals surface area contributed by atoms with E-state index in [2.05, 4.69) is 11.9 Å². The first-order valence-electron chi connectivity index (χ1n) is 13.1. The third-order valence-corrected chi connectivity index (χ3v) is 11.2. The van der Waals surface area contributed by atoms with Crippen LogP contribution in [0.25, 0.3) is 11.0 Å². The third-order valence-electron chi connectivity index (χ3n) is 10.2. The molecule has 6 unspecified atom stereocenters. The number of Topliss-reactive ketones (excluding diaryl/α,β-unsaturated/α-hetero) is 1. The molecule has 6 rings (SSSR count). The van der Waals surface area contributed by atoms with Crippen molar-refractivity contribution in [2.75, 3.05) is 5.75 Å². The summed E-state index contributed by atoms with van der Waals surface area (Å²) >= 11 is 1.26. The fourth-order valence-corrected chi connectivity index (χ4v) is 9.27. The van der Waals surface area contributed by atoms with Gasteiger partial charge in [-0.2, -0.15) is 0 Å². The lowest BCUT2D eigenvalue weighted by Gasteiger charge is -2.59. The minimum atomic E-state index is -1.95. The maximum atomic E-state index is 13.7. The number of hydrogen-bond acceptors (Lipinski definition) is 7. The van der Waals surface area contributed by atoms with E-state index in [4.69, 9.17) is 0 Å². The summed E-state index contributed by atoms with van der Waals surface area (Å²) in [5.74, 6) is -0.678. The Hall–Kier alpha value is -2.26. The predicted octanol–water partition coefficient (Wildman–Crippen LogP) is 3.22. The molecule has 3 saturated carbocycles. The van der Waals surface area contributed by atoms with Gasteiger partial charge in [-0.25, -0.2) is 4.98 Å². The van der Waals surface area contributed by atoms with Crippen molar-refractivity contribution in [1.29, 1.82) is 0 Å². The number of ketones is 2. The first kappa shape index (κ1) is 25.0. The third kappa shape index (κ3) is 3.35. The van der Waals surface area contributed by atoms with Crippen LogP contribution >= 0.6 is 11.8 Å². The van der Waals surface area contributed by atoms with E-state index in [9.17, 15) is 24.9 Å². The molecule has 1 heterocycles. The number of thioether (sulfide) groups is 1. The second-order valence-electron chi connectivity index (χ2n) is 11.9. The molecular formula is C29H34N2O5S. The zero-order valence-electron chi connectivity index (χ0n) is 21.4. The number of imidazole rings is 1. The van der Waals surface area contributed by atoms with E-state index >= 15 is 0 Å². The Kier molecular flexibility index (Phi) is 5.66. The summed E-state index contributed by atoms with van der Waals surface area (Å²) in [6.07, 6.45) is 5.30. The molecule has 3 N–H and O–H groups in total. The lowest BCUT2D eigenvalue weighted by atomic mass is 9.46. The molecular weight excluding hydrogens is 488 g/mol. The summed E-state index contributed by atoms with van der Waals surface area (Å²) in [5.41, 5.74) is -0.496. The molecule has 0 bridgehead atoms. The van der Waals surface area contributed by atoms with Crippen LogP contribution in [-0.2, 0) is 16.6 Å². The van der Waals surface area contributed by atoms with Crippen LogP contribution in [-0.4, -0.2) is 60.0 Å². The summed E-state index contributed by atoms with van der Waals surface area (Å²) in [7, 11) is 1.90. The zero-order valence-corrected chi connectivity index (χ0v) is 22.2. The Morgan fingerprint density at radius 3 is 2.76 bits per heavy atom. The second kappa shape index (κ2) is 8.37. The average Bonchev–Trinajstić information content (AvgIpc) is 3.29. The lowest BCUT2D eigenvalue weighted by Crippen LogP contribution is -2.63. The standard InChI is InChI=1S/C29H34N2O5S/c1-27-11-10-17(32)12-16(27)8-9-18-19-13-23(34)29(36,28(19,2)14-22(33)25(18)27)24(35)15-37-26-30-20-6-4-5-7-21(20)31(26)3/h4-7,10-12,18-19,22-23,25,33-34,36H,8-9,13-15H2,1-3H3/t18?,19?,22?,23-,25?,27?,28?,29+/m1/s1. The number of aliphatic hydroxyl groups is 3. The summed E-state index contributed by atoms with van der Waals surface area (Å²) in [6.45, 7) is 3.96. The van der Waals surface area contributed by atoms with E-state index in [1.807, 2.05) is 48.9 Å². The minimum Gasteiger partial charge on any atom is -0.393 e. The Morgan fingerprint density at radius 2 is 2.00 bits per heavy atom. The first-order chi connectivity index (χ1) is 17.5. The number of carbonyl (C=O) groups is 2. The van der Waals surface area contributed by atoms with Crippen LogP contribution < -0.4 is 0 Å². The topological polar surface area (TPSA) is 113 Å². The molecule has 4 aliphatic rings. The monoisotopic (exact) mass is 522 g/mol. The highest BCUT2D eigenvalue weighted by Gasteiger charge is 2.71. The van der Waals surface area contributed by atoms with Gasteiger partial charge in [0.05, 0.1) is 29.0 Å². The van der Waals surface area contributed by atoms with Crippen molar-refractivity contribution in [2.45, 2.75) is 62.5 Å². The molecule has 196 valence electrons. The van der Waals surface area contributed by atoms with Gasteiger partial charge in [0.15, 0.2) is 22.3 Å². The predicted molar refractivity (Wildman–Crippen MR) is 141 cm³/mol. The molecule has 0 saturated heterocycles. The lowest BCUT2D eigenvalue weighted by molar-refractivity contribution is -0.186. The van der Waals surface area contributed by atoms with Gasteiger partial charge in [0, 0.05) is 23.8 Å². The number of aromatic nitrogens is 2. The van der Waals surface area contributed by atoms with Gasteiger partial charge in [0.1, 0.15) is 0 Å². The minimum absolute atomic E-state index is 0.0181. The molecule has 4 aliphatic carbocycles. The van der Waals surface area contributed by atoms with Gasteiger partial charge in [-0.1, -0.05) is 49.4 Å². The molecule has 0 aliphatic heterocycles. The molecule has 0 spiro atoms. The molecule has 1 aromatic heterocycles. The number of allylic oxidation sites excluding steroid dienone is 4. The number of benzene rings is 1. The first-order valence-corrected chi connectivity index (χ1v) is 14.1. The number of carbonyl (C=O) groups excluding carboxylic acids is 2. The molecule has 1 aromatic carbocycles. The number of fused-ring (bicyclic) bond motifs is 6. The van der Waals surface area contributed by atoms with Crippen LogP contribution in [0, 0.1) is 28.6 Å². The molecule has 0 radical (unpaired) electrons. The van der Waals surface area contributed by atoms with E-state index < -0.39 is 34.4 Å². The van der Waals surface area contributed by atoms with Gasteiger partial charge >= 0.3 is 0 Å². The highest BCUT2D eigenvalue weighted by Crippen LogP contribution is 2.67. The summed E-state index contributed by atoms with van der Waals surface area (Å²) in [5, 5.41) is 35.4. The fourth-order valence-electron chi connectivity index (χ4n) is 8.33. The Labute approximate surface area is 220 Å². The Balaban J connectivity index is 1.28. The number of rotatable bonds is 4. The number of para-hydroxylation sites is 2. The smallest absolute Gasteiger partial charge is 0.178 e. The fraction of sp³-hybridized carbons (Fsp3) is 0.552. The summed E-state index contributed by atoms with van der Waals surface area (Å²) in [6, 6.07) is 7.75. The van der Waals surface area contributed by atoms with Crippen molar-refractivity contribution in [1.82, 2.24) is 9.55 Å². The van der Waals surface area contributed by atoms with Crippen molar-refractivity contribution in [2.24, 2.45) is 35.6 Å². The molecule has 7 nitrogen and oxygen atoms in total. The molecule has 0 amide bonds. The van der Waals surface area contributed by atoms with Crippen molar-refractivity contribution in [3.63, 3.8) is 0 Å². The Morgan fingerprint density at radius 1 is 1.24 bits per heavy atom. The van der Waals surface area contributed by atoms with Gasteiger partial charge in [0.25, 0.3) is 0 Å². The van der Waals surface area contributed by atoms with Crippen LogP contribution in [0.5, 0.6) is 0 Å². The van der Waals surface area contributed by atoms with Crippen LogP contribution in [0.3, 0.4) is 0 Å². The van der Waals surface area contributed by atoms with Crippen LogP contribution in [0.1, 0.15) is 39.5 Å². The van der Waals surface area contributed by atoms with Crippen LogP contribution in [0.2, 0.25) is 0 Å². The number of hydrogen-bond donors (Lipinski definition) is 3. The van der Waals surface area contributed by atoms with Gasteiger partial charge < -0.3 is 19.9 Å². The maximum Gasteiger partial charge on any atom is 0.178 e. The van der Waals surface area contributed by atoms with Crippen molar-refractivity contribution < 1.29 is 24.9 Å². The highest BCUT2D eigenvalue weighted by molar-refractivity contribution is 7.99. The number of nitrogens with zero attached hydrogens (tertiary/aromatic N) is 2. The molecule has 2 aromatic rings. The van der Waals surface area contributed by atoms with E-state index in [1.54, 1.807) is 12.2 Å². The van der Waals surface area contributed by atoms with Gasteiger partial charge in [0.2, 0.25) is 0 Å². The van der Waals surface area contributed by atoms with E-state index in [0.717, 1.165) is 29.4 Å². The average molecular weight is 523 g/mol. The van der Waals surface area contributed by atoms with Gasteiger partial charge in [-0.05, 0) is 61.8 Å². The van der Waals surface area contributed by atoms with Crippen LogP contribution in [0.15, 0.2) is 53.2 Å². The van der Waals surface area contributed by atoms with Gasteiger partial charge in [-0.3, -0.25) is 9.59 Å². The van der Waals surface area contributed by atoms with Crippen molar-refractivity contribution >= 4 is 34.4 Å². The molecule has 3 fully saturated rings. The normalized spacial score (nSPS) is 40.8. The number of aryl methyl sites for hydroxylation is 1. The van der Waals surface area contributed by atoms with E-state index in [0.29, 0.717) is 11.6 Å². The van der Waals surface area contributed by atoms with E-state index in [1.165, 1.54) is 11.8 Å². The summed E-state index contributed by atoms with van der Waals surface area (Å²) < 4.78 is 1.93. The second-order valence-corrected chi connectivity index (χ2v) is 12.8. The molecule has 8 heteroatoms. The van der Waals surface area contributed by atoms with Crippen LogP contribution in [0.4, 0.5) is 0 Å². The van der Waals surface area contributed by atoms with Crippen molar-refractivity contribution in [3.05, 3.63) is 48.1 Å². The summed E-state index contributed by atoms with van der Waals surface area (Å²) in [4.78, 5) is 30.4.